The second-order valence-electron chi connectivity index (χ2n) is 3.96. The molecule has 0 bridgehead atoms. The number of aromatic hydroxyl groups is 1. The first-order valence-corrected chi connectivity index (χ1v) is 5.43. The number of anilines is 1. The first-order valence-electron chi connectivity index (χ1n) is 5.43. The Labute approximate surface area is 104 Å². The number of aryl methyl sites for hydroxylation is 1. The maximum atomic E-state index is 12.7. The van der Waals surface area contributed by atoms with Crippen LogP contribution in [0.1, 0.15) is 15.9 Å². The Morgan fingerprint density at radius 2 is 1.83 bits per heavy atom. The van der Waals surface area contributed by atoms with Crippen LogP contribution in [0.25, 0.3) is 0 Å². The minimum absolute atomic E-state index is 0.176. The Balaban J connectivity index is 2.16. The van der Waals surface area contributed by atoms with Crippen LogP contribution in [-0.2, 0) is 0 Å². The zero-order chi connectivity index (χ0) is 13.1. The Morgan fingerprint density at radius 1 is 1.17 bits per heavy atom. The molecule has 2 aromatic carbocycles. The molecule has 2 N–H and O–H groups in total. The lowest BCUT2D eigenvalue weighted by molar-refractivity contribution is 0.102. The molecule has 0 heterocycles. The van der Waals surface area contributed by atoms with E-state index in [4.69, 9.17) is 0 Å². The number of halogens is 1. The Kier molecular flexibility index (Phi) is 3.28. The molecule has 0 aliphatic carbocycles. The van der Waals surface area contributed by atoms with Crippen LogP contribution in [0.2, 0.25) is 0 Å². The molecule has 0 radical (unpaired) electrons. The van der Waals surface area contributed by atoms with Crippen molar-refractivity contribution in [1.29, 1.82) is 0 Å². The quantitative estimate of drug-likeness (QED) is 0.799. The van der Waals surface area contributed by atoms with Crippen molar-refractivity contribution in [2.75, 3.05) is 5.32 Å². The van der Waals surface area contributed by atoms with Gasteiger partial charge in [0.15, 0.2) is 0 Å². The highest BCUT2D eigenvalue weighted by atomic mass is 19.1. The first-order chi connectivity index (χ1) is 8.56. The van der Waals surface area contributed by atoms with E-state index in [0.717, 1.165) is 0 Å². The van der Waals surface area contributed by atoms with E-state index in [1.165, 1.54) is 30.3 Å². The van der Waals surface area contributed by atoms with Crippen LogP contribution in [-0.4, -0.2) is 11.0 Å². The number of phenols is 1. The molecule has 92 valence electrons. The fraction of sp³-hybridized carbons (Fsp3) is 0.0714. The Hall–Kier alpha value is -2.36. The lowest BCUT2D eigenvalue weighted by atomic mass is 10.1. The SMILES string of the molecule is Cc1cc(NC(=O)c2ccc(F)cc2)ccc1O. The monoisotopic (exact) mass is 245 g/mol. The molecule has 0 aromatic heterocycles. The van der Waals surface area contributed by atoms with E-state index < -0.39 is 0 Å². The lowest BCUT2D eigenvalue weighted by Gasteiger charge is -2.07. The van der Waals surface area contributed by atoms with Crippen LogP contribution in [0, 0.1) is 12.7 Å². The van der Waals surface area contributed by atoms with E-state index in [2.05, 4.69) is 5.32 Å². The molecule has 0 spiro atoms. The summed E-state index contributed by atoms with van der Waals surface area (Å²) in [5.74, 6) is -0.526. The van der Waals surface area contributed by atoms with Gasteiger partial charge in [-0.25, -0.2) is 4.39 Å². The van der Waals surface area contributed by atoms with E-state index in [9.17, 15) is 14.3 Å². The number of hydrogen-bond donors (Lipinski definition) is 2. The molecule has 3 nitrogen and oxygen atoms in total. The van der Waals surface area contributed by atoms with Gasteiger partial charge in [0, 0.05) is 11.3 Å². The van der Waals surface area contributed by atoms with Crippen LogP contribution in [0.5, 0.6) is 5.75 Å². The molecular formula is C14H12FNO2. The van der Waals surface area contributed by atoms with Gasteiger partial charge in [-0.15, -0.1) is 0 Å². The average Bonchev–Trinajstić information content (AvgIpc) is 2.34. The summed E-state index contributed by atoms with van der Waals surface area (Å²) in [6.45, 7) is 1.74. The fourth-order valence-electron chi connectivity index (χ4n) is 1.54. The van der Waals surface area contributed by atoms with E-state index >= 15 is 0 Å². The highest BCUT2D eigenvalue weighted by molar-refractivity contribution is 6.04. The zero-order valence-corrected chi connectivity index (χ0v) is 9.77. The number of hydrogen-bond acceptors (Lipinski definition) is 2. The molecular weight excluding hydrogens is 233 g/mol. The van der Waals surface area contributed by atoms with Gasteiger partial charge in [-0.1, -0.05) is 0 Å². The molecule has 0 fully saturated rings. The minimum atomic E-state index is -0.382. The second kappa shape index (κ2) is 4.87. The predicted molar refractivity (Wildman–Crippen MR) is 67.2 cm³/mol. The number of amides is 1. The van der Waals surface area contributed by atoms with Crippen molar-refractivity contribution in [3.8, 4) is 5.75 Å². The molecule has 18 heavy (non-hydrogen) atoms. The van der Waals surface area contributed by atoms with Gasteiger partial charge in [0.2, 0.25) is 0 Å². The number of rotatable bonds is 2. The van der Waals surface area contributed by atoms with E-state index in [-0.39, 0.29) is 17.5 Å². The predicted octanol–water partition coefficient (Wildman–Crippen LogP) is 3.09. The third-order valence-electron chi connectivity index (χ3n) is 2.56. The molecule has 1 amide bonds. The average molecular weight is 245 g/mol. The standard InChI is InChI=1S/C14H12FNO2/c1-9-8-12(6-7-13(9)17)16-14(18)10-2-4-11(15)5-3-10/h2-8,17H,1H3,(H,16,18). The van der Waals surface area contributed by atoms with Crippen molar-refractivity contribution in [3.05, 3.63) is 59.4 Å². The molecule has 4 heteroatoms. The molecule has 0 saturated carbocycles. The summed E-state index contributed by atoms with van der Waals surface area (Å²) in [6, 6.07) is 10.1. The number of carbonyl (C=O) groups excluding carboxylic acids is 1. The van der Waals surface area contributed by atoms with Crippen LogP contribution in [0.15, 0.2) is 42.5 Å². The number of phenolic OH excluding ortho intramolecular Hbond substituents is 1. The van der Waals surface area contributed by atoms with Gasteiger partial charge < -0.3 is 10.4 Å². The third kappa shape index (κ3) is 2.66. The molecule has 0 atom stereocenters. The van der Waals surface area contributed by atoms with Gasteiger partial charge in [-0.3, -0.25) is 4.79 Å². The summed E-state index contributed by atoms with van der Waals surface area (Å²) in [7, 11) is 0. The second-order valence-corrected chi connectivity index (χ2v) is 3.96. The van der Waals surface area contributed by atoms with Gasteiger partial charge in [0.1, 0.15) is 11.6 Å². The minimum Gasteiger partial charge on any atom is -0.508 e. The number of benzene rings is 2. The van der Waals surface area contributed by atoms with Crippen molar-refractivity contribution in [2.45, 2.75) is 6.92 Å². The van der Waals surface area contributed by atoms with Gasteiger partial charge >= 0.3 is 0 Å². The number of nitrogens with one attached hydrogen (secondary N) is 1. The molecule has 2 rings (SSSR count). The maximum absolute atomic E-state index is 12.7. The summed E-state index contributed by atoms with van der Waals surface area (Å²) >= 11 is 0. The smallest absolute Gasteiger partial charge is 0.255 e. The van der Waals surface area contributed by atoms with Crippen LogP contribution < -0.4 is 5.32 Å². The van der Waals surface area contributed by atoms with Gasteiger partial charge in [0.25, 0.3) is 5.91 Å². The van der Waals surface area contributed by atoms with Crippen LogP contribution in [0.3, 0.4) is 0 Å². The van der Waals surface area contributed by atoms with Crippen molar-refractivity contribution >= 4 is 11.6 Å². The molecule has 0 aliphatic rings. The largest absolute Gasteiger partial charge is 0.508 e. The van der Waals surface area contributed by atoms with Gasteiger partial charge in [-0.05, 0) is 55.0 Å². The first kappa shape index (κ1) is 12.1. The molecule has 0 aliphatic heterocycles. The van der Waals surface area contributed by atoms with Crippen molar-refractivity contribution in [1.82, 2.24) is 0 Å². The van der Waals surface area contributed by atoms with Crippen molar-refractivity contribution < 1.29 is 14.3 Å². The van der Waals surface area contributed by atoms with Crippen LogP contribution >= 0.6 is 0 Å². The van der Waals surface area contributed by atoms with Gasteiger partial charge in [0.05, 0.1) is 0 Å². The highest BCUT2D eigenvalue weighted by Gasteiger charge is 2.06. The van der Waals surface area contributed by atoms with E-state index in [1.54, 1.807) is 19.1 Å². The van der Waals surface area contributed by atoms with Gasteiger partial charge in [-0.2, -0.15) is 0 Å². The normalized spacial score (nSPS) is 10.1. The maximum Gasteiger partial charge on any atom is 0.255 e. The lowest BCUT2D eigenvalue weighted by Crippen LogP contribution is -2.11. The Bertz CT molecular complexity index is 579. The Morgan fingerprint density at radius 3 is 2.44 bits per heavy atom. The summed E-state index contributed by atoms with van der Waals surface area (Å²) in [4.78, 5) is 11.8. The summed E-state index contributed by atoms with van der Waals surface area (Å²) in [5.41, 5.74) is 1.63. The van der Waals surface area contributed by atoms with Crippen molar-refractivity contribution in [3.63, 3.8) is 0 Å². The molecule has 0 saturated heterocycles. The third-order valence-corrected chi connectivity index (χ3v) is 2.56. The highest BCUT2D eigenvalue weighted by Crippen LogP contribution is 2.20. The van der Waals surface area contributed by atoms with E-state index in [0.29, 0.717) is 16.8 Å². The summed E-state index contributed by atoms with van der Waals surface area (Å²) in [5, 5.41) is 12.0. The fourth-order valence-corrected chi connectivity index (χ4v) is 1.54. The topological polar surface area (TPSA) is 49.3 Å². The number of carbonyl (C=O) groups is 1. The molecule has 2 aromatic rings. The summed E-state index contributed by atoms with van der Waals surface area (Å²) in [6.07, 6.45) is 0. The summed E-state index contributed by atoms with van der Waals surface area (Å²) < 4.78 is 12.7. The van der Waals surface area contributed by atoms with Crippen LogP contribution in [0.4, 0.5) is 10.1 Å². The molecule has 0 unspecified atom stereocenters. The van der Waals surface area contributed by atoms with E-state index in [1.807, 2.05) is 0 Å². The zero-order valence-electron chi connectivity index (χ0n) is 9.77. The van der Waals surface area contributed by atoms with Crippen molar-refractivity contribution in [2.24, 2.45) is 0 Å².